The summed E-state index contributed by atoms with van der Waals surface area (Å²) < 4.78 is 17.1. The molecule has 2 fully saturated rings. The maximum absolute atomic E-state index is 12.7. The molecule has 0 saturated carbocycles. The molecular weight excluding hydrogens is 460 g/mol. The number of imide groups is 1. The van der Waals surface area contributed by atoms with Crippen LogP contribution in [0.3, 0.4) is 0 Å². The molecule has 0 radical (unpaired) electrons. The Morgan fingerprint density at radius 2 is 1.62 bits per heavy atom. The Balaban J connectivity index is 1.50. The van der Waals surface area contributed by atoms with Crippen LogP contribution in [0.5, 0.6) is 0 Å². The Kier molecular flexibility index (Phi) is 7.18. The van der Waals surface area contributed by atoms with E-state index in [9.17, 15) is 19.2 Å². The zero-order valence-corrected chi connectivity index (χ0v) is 19.2. The lowest BCUT2D eigenvalue weighted by Gasteiger charge is -2.39. The van der Waals surface area contributed by atoms with Crippen LogP contribution in [0.4, 0.5) is 4.79 Å². The molecule has 3 amide bonds. The van der Waals surface area contributed by atoms with Crippen molar-refractivity contribution in [2.45, 2.75) is 37.2 Å². The topological polar surface area (TPSA) is 111 Å². The summed E-state index contributed by atoms with van der Waals surface area (Å²) in [5.41, 5.74) is 0.723. The number of hydrogen-bond donors (Lipinski definition) is 2. The lowest BCUT2D eigenvalue weighted by Crippen LogP contribution is -2.60. The zero-order chi connectivity index (χ0) is 24.2. The third-order valence-corrected chi connectivity index (χ3v) is 6.45. The predicted octanol–water partition coefficient (Wildman–Crippen LogP) is 2.63. The molecular formula is C24H24N2O7S. The van der Waals surface area contributed by atoms with Crippen molar-refractivity contribution in [1.82, 2.24) is 10.2 Å². The van der Waals surface area contributed by atoms with E-state index in [1.807, 2.05) is 0 Å². The van der Waals surface area contributed by atoms with E-state index in [4.69, 9.17) is 14.2 Å². The summed E-state index contributed by atoms with van der Waals surface area (Å²) >= 11 is 4.43. The smallest absolute Gasteiger partial charge is 0.338 e. The fraction of sp³-hybridized carbons (Fsp3) is 0.333. The van der Waals surface area contributed by atoms with Crippen LogP contribution in [0.25, 0.3) is 0 Å². The van der Waals surface area contributed by atoms with Crippen LogP contribution in [0.1, 0.15) is 34.1 Å². The fourth-order valence-corrected chi connectivity index (χ4v) is 4.21. The molecule has 2 aliphatic rings. The number of urea groups is 1. The van der Waals surface area contributed by atoms with Crippen LogP contribution in [-0.2, 0) is 19.0 Å². The first-order valence-corrected chi connectivity index (χ1v) is 11.3. The van der Waals surface area contributed by atoms with E-state index in [0.29, 0.717) is 11.1 Å². The molecule has 0 spiro atoms. The van der Waals surface area contributed by atoms with E-state index in [2.05, 4.69) is 17.9 Å². The van der Waals surface area contributed by atoms with Crippen molar-refractivity contribution in [1.29, 1.82) is 0 Å². The minimum Gasteiger partial charge on any atom is -0.459 e. The molecule has 2 aliphatic heterocycles. The van der Waals surface area contributed by atoms with Crippen LogP contribution in [-0.4, -0.2) is 59.2 Å². The van der Waals surface area contributed by atoms with E-state index in [1.54, 1.807) is 67.6 Å². The summed E-state index contributed by atoms with van der Waals surface area (Å²) in [5, 5.41) is 1.55. The molecule has 2 unspecified atom stereocenters. The summed E-state index contributed by atoms with van der Waals surface area (Å²) in [4.78, 5) is 50.9. The molecule has 5 atom stereocenters. The second-order valence-electron chi connectivity index (χ2n) is 8.04. The van der Waals surface area contributed by atoms with Gasteiger partial charge in [-0.2, -0.15) is 12.6 Å². The average molecular weight is 485 g/mol. The van der Waals surface area contributed by atoms with Gasteiger partial charge in [0.25, 0.3) is 0 Å². The summed E-state index contributed by atoms with van der Waals surface area (Å²) in [5.74, 6) is -2.13. The first kappa shape index (κ1) is 23.8. The maximum atomic E-state index is 12.7. The number of benzene rings is 2. The number of carbonyl (C=O) groups is 4. The Bertz CT molecular complexity index is 1070. The fourth-order valence-electron chi connectivity index (χ4n) is 3.82. The van der Waals surface area contributed by atoms with Crippen molar-refractivity contribution in [2.24, 2.45) is 5.92 Å². The highest BCUT2D eigenvalue weighted by Crippen LogP contribution is 2.32. The number of rotatable bonds is 6. The Hall–Kier alpha value is -3.37. The number of amides is 3. The minimum atomic E-state index is -0.841. The minimum absolute atomic E-state index is 0.123. The van der Waals surface area contributed by atoms with Gasteiger partial charge in [0.1, 0.15) is 25.0 Å². The third-order valence-electron chi connectivity index (χ3n) is 5.76. The first-order valence-electron chi connectivity index (χ1n) is 10.8. The first-order chi connectivity index (χ1) is 16.3. The maximum Gasteiger partial charge on any atom is 0.338 e. The largest absolute Gasteiger partial charge is 0.459 e. The van der Waals surface area contributed by atoms with Gasteiger partial charge in [0.05, 0.1) is 22.4 Å². The van der Waals surface area contributed by atoms with Crippen molar-refractivity contribution < 1.29 is 33.4 Å². The highest BCUT2D eigenvalue weighted by atomic mass is 32.1. The van der Waals surface area contributed by atoms with Gasteiger partial charge < -0.3 is 14.2 Å². The van der Waals surface area contributed by atoms with E-state index in [-0.39, 0.29) is 13.0 Å². The standard InChI is InChI=1S/C24H24N2O7S/c1-14-20(27)25-24(30)26(21(14)34)19-12-17(33-23(29)16-10-6-3-7-11-16)18(32-19)13-31-22(28)15-8-4-2-5-9-15/h2-11,14,17-19,21,34H,12-13H2,1H3,(H,25,27,30)/t14?,17-,18+,19+,21?/m0/s1. The lowest BCUT2D eigenvalue weighted by molar-refractivity contribution is -0.129. The van der Waals surface area contributed by atoms with Crippen LogP contribution < -0.4 is 5.32 Å². The SMILES string of the molecule is CC1C(=O)NC(=O)N([C@H]2C[C@H](OC(=O)c3ccccc3)[C@@H](COC(=O)c3ccccc3)O2)C1S. The van der Waals surface area contributed by atoms with E-state index >= 15 is 0 Å². The lowest BCUT2D eigenvalue weighted by atomic mass is 10.1. The van der Waals surface area contributed by atoms with Gasteiger partial charge in [-0.3, -0.25) is 15.0 Å². The van der Waals surface area contributed by atoms with Crippen molar-refractivity contribution in [3.8, 4) is 0 Å². The van der Waals surface area contributed by atoms with E-state index in [1.165, 1.54) is 4.90 Å². The number of nitrogens with zero attached hydrogens (tertiary/aromatic N) is 1. The third kappa shape index (κ3) is 5.07. The van der Waals surface area contributed by atoms with Crippen molar-refractivity contribution in [3.05, 3.63) is 71.8 Å². The van der Waals surface area contributed by atoms with Gasteiger partial charge in [0.15, 0.2) is 0 Å². The number of esters is 2. The summed E-state index contributed by atoms with van der Waals surface area (Å²) in [7, 11) is 0. The highest BCUT2D eigenvalue weighted by Gasteiger charge is 2.48. The molecule has 2 heterocycles. The van der Waals surface area contributed by atoms with Gasteiger partial charge in [-0.05, 0) is 24.3 Å². The molecule has 0 aromatic heterocycles. The van der Waals surface area contributed by atoms with Crippen LogP contribution in [0.2, 0.25) is 0 Å². The molecule has 10 heteroatoms. The molecule has 2 saturated heterocycles. The summed E-state index contributed by atoms with van der Waals surface area (Å²) in [6.45, 7) is 1.45. The molecule has 9 nitrogen and oxygen atoms in total. The number of ether oxygens (including phenoxy) is 3. The number of nitrogens with one attached hydrogen (secondary N) is 1. The Morgan fingerprint density at radius 1 is 1.03 bits per heavy atom. The molecule has 0 aliphatic carbocycles. The monoisotopic (exact) mass is 484 g/mol. The second-order valence-corrected chi connectivity index (χ2v) is 8.57. The van der Waals surface area contributed by atoms with Gasteiger partial charge in [-0.1, -0.05) is 43.3 Å². The van der Waals surface area contributed by atoms with Crippen LogP contribution in [0, 0.1) is 5.92 Å². The van der Waals surface area contributed by atoms with Crippen molar-refractivity contribution in [2.75, 3.05) is 6.61 Å². The predicted molar refractivity (Wildman–Crippen MR) is 123 cm³/mol. The van der Waals surface area contributed by atoms with Crippen molar-refractivity contribution >= 4 is 36.5 Å². The van der Waals surface area contributed by atoms with Crippen LogP contribution in [0.15, 0.2) is 60.7 Å². The number of thiol groups is 1. The normalized spacial score (nSPS) is 26.6. The van der Waals surface area contributed by atoms with Gasteiger partial charge in [0.2, 0.25) is 5.91 Å². The molecule has 178 valence electrons. The molecule has 2 aromatic rings. The highest BCUT2D eigenvalue weighted by molar-refractivity contribution is 7.81. The molecule has 1 N–H and O–H groups in total. The van der Waals surface area contributed by atoms with Gasteiger partial charge in [0, 0.05) is 6.42 Å². The Labute approximate surface area is 201 Å². The number of hydrogen-bond acceptors (Lipinski definition) is 8. The van der Waals surface area contributed by atoms with Gasteiger partial charge >= 0.3 is 18.0 Å². The second kappa shape index (κ2) is 10.3. The molecule has 4 rings (SSSR count). The molecule has 2 aromatic carbocycles. The molecule has 0 bridgehead atoms. The van der Waals surface area contributed by atoms with Crippen LogP contribution >= 0.6 is 12.6 Å². The van der Waals surface area contributed by atoms with Crippen molar-refractivity contribution in [3.63, 3.8) is 0 Å². The van der Waals surface area contributed by atoms with E-state index < -0.39 is 53.6 Å². The average Bonchev–Trinajstić information content (AvgIpc) is 3.24. The van der Waals surface area contributed by atoms with E-state index in [0.717, 1.165) is 0 Å². The number of carbonyl (C=O) groups excluding carboxylic acids is 4. The summed E-state index contributed by atoms with van der Waals surface area (Å²) in [6.07, 6.45) is -2.35. The Morgan fingerprint density at radius 3 is 2.24 bits per heavy atom. The zero-order valence-electron chi connectivity index (χ0n) is 18.3. The summed E-state index contributed by atoms with van der Waals surface area (Å²) in [6, 6.07) is 16.3. The van der Waals surface area contributed by atoms with Gasteiger partial charge in [-0.25, -0.2) is 14.4 Å². The van der Waals surface area contributed by atoms with Gasteiger partial charge in [-0.15, -0.1) is 0 Å². The quantitative estimate of drug-likeness (QED) is 0.479. The molecule has 34 heavy (non-hydrogen) atoms.